The molecule has 1 aromatic heterocycles. The number of aliphatic imine (C=N–C) groups is 2. The van der Waals surface area contributed by atoms with Crippen molar-refractivity contribution in [1.29, 1.82) is 0 Å². The summed E-state index contributed by atoms with van der Waals surface area (Å²) in [6.07, 6.45) is 4.52. The fourth-order valence-corrected chi connectivity index (χ4v) is 5.47. The number of halogens is 1. The first kappa shape index (κ1) is 19.3. The molecule has 1 fully saturated rings. The van der Waals surface area contributed by atoms with Crippen molar-refractivity contribution in [3.63, 3.8) is 0 Å². The van der Waals surface area contributed by atoms with Gasteiger partial charge in [0.05, 0.1) is 29.4 Å². The normalized spacial score (nSPS) is 26.1. The van der Waals surface area contributed by atoms with Gasteiger partial charge in [-0.3, -0.25) is 9.98 Å². The van der Waals surface area contributed by atoms with Gasteiger partial charge in [-0.25, -0.2) is 4.39 Å². The molecule has 0 amide bonds. The van der Waals surface area contributed by atoms with Gasteiger partial charge in [-0.15, -0.1) is 10.2 Å². The highest BCUT2D eigenvalue weighted by molar-refractivity contribution is 7.11. The van der Waals surface area contributed by atoms with E-state index in [1.807, 2.05) is 32.3 Å². The summed E-state index contributed by atoms with van der Waals surface area (Å²) in [5.41, 5.74) is 1.79. The van der Waals surface area contributed by atoms with Crippen LogP contribution in [0.25, 0.3) is 0 Å². The predicted octanol–water partition coefficient (Wildman–Crippen LogP) is 3.02. The number of fused-ring (bicyclic) bond motifs is 4. The fraction of sp³-hybridized carbons (Fsp3) is 0.455. The number of benzene rings is 1. The molecular weight excluding hydrogens is 401 g/mol. The summed E-state index contributed by atoms with van der Waals surface area (Å²) in [6.45, 7) is 7.02. The standard InChI is InChI=1S/C22H22FN5OS/c1-13-9-28-20-17(8-22(10-24-12-25-11-22)21(28)14(2)29-13)6-16(7-18(20)23)4-5-19-27-26-15(3)30-19/h6-7,10-11,13-14,21H,8-9,12H2,1-3H3/t13-,14+,21-/m1/s1. The molecule has 3 atom stereocenters. The second-order valence-corrected chi connectivity index (χ2v) is 9.33. The lowest BCUT2D eigenvalue weighted by Crippen LogP contribution is -2.65. The van der Waals surface area contributed by atoms with E-state index in [1.54, 1.807) is 0 Å². The minimum Gasteiger partial charge on any atom is -0.372 e. The van der Waals surface area contributed by atoms with E-state index in [1.165, 1.54) is 17.4 Å². The highest BCUT2D eigenvalue weighted by Gasteiger charge is 2.51. The number of nitrogens with zero attached hydrogens (tertiary/aromatic N) is 5. The second-order valence-electron chi connectivity index (χ2n) is 8.14. The largest absolute Gasteiger partial charge is 0.372 e. The lowest BCUT2D eigenvalue weighted by atomic mass is 9.69. The third-order valence-corrected chi connectivity index (χ3v) is 6.58. The molecule has 4 heterocycles. The minimum atomic E-state index is -0.417. The Hall–Kier alpha value is -2.63. The van der Waals surface area contributed by atoms with Crippen molar-refractivity contribution in [3.05, 3.63) is 39.1 Å². The highest BCUT2D eigenvalue weighted by atomic mass is 32.1. The smallest absolute Gasteiger partial charge is 0.191 e. The van der Waals surface area contributed by atoms with Gasteiger partial charge in [0, 0.05) is 24.5 Å². The second kappa shape index (κ2) is 7.25. The number of rotatable bonds is 0. The molecule has 1 spiro atoms. The number of ether oxygens (including phenoxy) is 1. The van der Waals surface area contributed by atoms with Crippen LogP contribution in [0.2, 0.25) is 0 Å². The van der Waals surface area contributed by atoms with E-state index >= 15 is 4.39 Å². The molecule has 1 saturated heterocycles. The van der Waals surface area contributed by atoms with Crippen LogP contribution in [0.1, 0.15) is 35.0 Å². The number of anilines is 1. The fourth-order valence-electron chi connectivity index (χ4n) is 4.92. The Bertz CT molecular complexity index is 1100. The summed E-state index contributed by atoms with van der Waals surface area (Å²) >= 11 is 1.43. The lowest BCUT2D eigenvalue weighted by Gasteiger charge is -2.54. The highest BCUT2D eigenvalue weighted by Crippen LogP contribution is 2.45. The maximum atomic E-state index is 15.4. The van der Waals surface area contributed by atoms with Crippen molar-refractivity contribution >= 4 is 29.5 Å². The molecule has 0 aliphatic carbocycles. The Balaban J connectivity index is 1.61. The number of aryl methyl sites for hydroxylation is 1. The van der Waals surface area contributed by atoms with Crippen molar-refractivity contribution in [2.75, 3.05) is 18.1 Å². The van der Waals surface area contributed by atoms with Crippen LogP contribution >= 0.6 is 11.3 Å². The van der Waals surface area contributed by atoms with Crippen LogP contribution in [0.15, 0.2) is 22.1 Å². The van der Waals surface area contributed by atoms with Gasteiger partial charge in [0.15, 0.2) is 5.01 Å². The average molecular weight is 424 g/mol. The molecule has 0 radical (unpaired) electrons. The predicted molar refractivity (Wildman–Crippen MR) is 116 cm³/mol. The van der Waals surface area contributed by atoms with Gasteiger partial charge in [-0.05, 0) is 50.8 Å². The van der Waals surface area contributed by atoms with E-state index in [-0.39, 0.29) is 24.1 Å². The Labute approximate surface area is 178 Å². The maximum Gasteiger partial charge on any atom is 0.191 e. The zero-order valence-corrected chi connectivity index (χ0v) is 17.9. The Morgan fingerprint density at radius 3 is 2.73 bits per heavy atom. The van der Waals surface area contributed by atoms with Crippen LogP contribution in [0, 0.1) is 30.0 Å². The number of morpholine rings is 1. The van der Waals surface area contributed by atoms with Gasteiger partial charge in [-0.2, -0.15) is 0 Å². The summed E-state index contributed by atoms with van der Waals surface area (Å²) in [6, 6.07) is 3.45. The van der Waals surface area contributed by atoms with E-state index in [0.717, 1.165) is 10.6 Å². The monoisotopic (exact) mass is 423 g/mol. The van der Waals surface area contributed by atoms with Gasteiger partial charge in [0.2, 0.25) is 0 Å². The molecule has 0 saturated carbocycles. The molecule has 30 heavy (non-hydrogen) atoms. The lowest BCUT2D eigenvalue weighted by molar-refractivity contribution is -0.0432. The van der Waals surface area contributed by atoms with Crippen molar-refractivity contribution in [2.24, 2.45) is 15.4 Å². The molecule has 2 aromatic rings. The Kier molecular flexibility index (Phi) is 4.68. The molecule has 1 aromatic carbocycles. The number of hydrogen-bond donors (Lipinski definition) is 0. The molecule has 0 bridgehead atoms. The molecule has 5 rings (SSSR count). The van der Waals surface area contributed by atoms with Crippen LogP contribution in [-0.2, 0) is 11.2 Å². The molecular formula is C22H22FN5OS. The van der Waals surface area contributed by atoms with Gasteiger partial charge in [0.25, 0.3) is 0 Å². The SMILES string of the molecule is Cc1nnc(C#Cc2cc(F)c3c(c2)CC2(C=NCN=C2)[C@H]2[C@H](C)O[C@H](C)CN32)s1. The minimum absolute atomic E-state index is 0.0104. The van der Waals surface area contributed by atoms with E-state index < -0.39 is 5.41 Å². The third kappa shape index (κ3) is 3.22. The third-order valence-electron chi connectivity index (χ3n) is 5.82. The number of aromatic nitrogens is 2. The summed E-state index contributed by atoms with van der Waals surface area (Å²) in [7, 11) is 0. The van der Waals surface area contributed by atoms with Crippen molar-refractivity contribution in [3.8, 4) is 11.8 Å². The zero-order valence-electron chi connectivity index (χ0n) is 17.1. The van der Waals surface area contributed by atoms with Crippen LogP contribution in [0.5, 0.6) is 0 Å². The summed E-state index contributed by atoms with van der Waals surface area (Å²) in [4.78, 5) is 11.1. The average Bonchev–Trinajstić information content (AvgIpc) is 3.11. The van der Waals surface area contributed by atoms with E-state index in [4.69, 9.17) is 4.74 Å². The van der Waals surface area contributed by atoms with Gasteiger partial charge >= 0.3 is 0 Å². The topological polar surface area (TPSA) is 63.0 Å². The molecule has 154 valence electrons. The Morgan fingerprint density at radius 2 is 2.00 bits per heavy atom. The zero-order chi connectivity index (χ0) is 20.9. The first-order chi connectivity index (χ1) is 14.4. The summed E-state index contributed by atoms with van der Waals surface area (Å²) in [5, 5.41) is 9.49. The van der Waals surface area contributed by atoms with Crippen LogP contribution in [0.4, 0.5) is 10.1 Å². The quantitative estimate of drug-likeness (QED) is 0.611. The molecule has 0 unspecified atom stereocenters. The Morgan fingerprint density at radius 1 is 1.20 bits per heavy atom. The first-order valence-corrected chi connectivity index (χ1v) is 10.9. The van der Waals surface area contributed by atoms with Crippen molar-refractivity contribution < 1.29 is 9.13 Å². The van der Waals surface area contributed by atoms with Gasteiger partial charge in [-0.1, -0.05) is 17.3 Å². The molecule has 3 aliphatic rings. The molecule has 6 nitrogen and oxygen atoms in total. The molecule has 8 heteroatoms. The summed E-state index contributed by atoms with van der Waals surface area (Å²) < 4.78 is 21.5. The van der Waals surface area contributed by atoms with Crippen LogP contribution in [-0.4, -0.2) is 54.1 Å². The van der Waals surface area contributed by atoms with Crippen LogP contribution in [0.3, 0.4) is 0 Å². The van der Waals surface area contributed by atoms with E-state index in [2.05, 4.69) is 43.8 Å². The van der Waals surface area contributed by atoms with Gasteiger partial charge in [0.1, 0.15) is 17.5 Å². The number of hydrogen-bond acceptors (Lipinski definition) is 7. The van der Waals surface area contributed by atoms with Gasteiger partial charge < -0.3 is 9.64 Å². The van der Waals surface area contributed by atoms with Crippen molar-refractivity contribution in [1.82, 2.24) is 10.2 Å². The van der Waals surface area contributed by atoms with E-state index in [0.29, 0.717) is 35.9 Å². The summed E-state index contributed by atoms with van der Waals surface area (Å²) in [5.74, 6) is 5.80. The first-order valence-electron chi connectivity index (χ1n) is 10.0. The molecule has 3 aliphatic heterocycles. The maximum absolute atomic E-state index is 15.4. The van der Waals surface area contributed by atoms with Crippen LogP contribution < -0.4 is 4.90 Å². The van der Waals surface area contributed by atoms with E-state index in [9.17, 15) is 0 Å². The molecule has 0 N–H and O–H groups in total. The van der Waals surface area contributed by atoms with Crippen molar-refractivity contribution in [2.45, 2.75) is 45.4 Å².